The molecule has 0 aromatic heterocycles. The Labute approximate surface area is 125 Å². The molecule has 0 bridgehead atoms. The Bertz CT molecular complexity index is 6.90. The number of rotatable bonds is 0. The SMILES string of the molecule is C.[CH3-].[CH3-].[CH3-].[Y].[Y].[Y]. The normalized spacial score (nSPS) is 0. The van der Waals surface area contributed by atoms with E-state index in [1.807, 2.05) is 0 Å². The molecule has 0 aliphatic rings. The van der Waals surface area contributed by atoms with Crippen molar-refractivity contribution >= 4 is 0 Å². The van der Waals surface area contributed by atoms with Crippen LogP contribution in [0.3, 0.4) is 0 Å². The van der Waals surface area contributed by atoms with Crippen molar-refractivity contribution in [2.45, 2.75) is 7.43 Å². The third-order valence-electron chi connectivity index (χ3n) is 0. The van der Waals surface area contributed by atoms with Crippen molar-refractivity contribution in [3.05, 3.63) is 22.3 Å². The van der Waals surface area contributed by atoms with Crippen LogP contribution in [0, 0.1) is 22.3 Å². The van der Waals surface area contributed by atoms with Gasteiger partial charge in [-0.15, -0.1) is 0 Å². The first-order valence-electron chi connectivity index (χ1n) is 0. The van der Waals surface area contributed by atoms with Crippen molar-refractivity contribution < 1.29 is 98.1 Å². The van der Waals surface area contributed by atoms with Gasteiger partial charge in [-0.3, -0.25) is 0 Å². The van der Waals surface area contributed by atoms with Crippen molar-refractivity contribution in [2.24, 2.45) is 0 Å². The van der Waals surface area contributed by atoms with E-state index in [2.05, 4.69) is 0 Å². The molecule has 0 atom stereocenters. The fourth-order valence-electron chi connectivity index (χ4n) is 0. The topological polar surface area (TPSA) is 0 Å². The Morgan fingerprint density at radius 3 is 0.429 bits per heavy atom. The van der Waals surface area contributed by atoms with Crippen LogP contribution in [0.4, 0.5) is 0 Å². The van der Waals surface area contributed by atoms with E-state index in [9.17, 15) is 0 Å². The maximum atomic E-state index is 0. The van der Waals surface area contributed by atoms with Crippen LogP contribution < -0.4 is 0 Å². The molecule has 3 heteroatoms. The van der Waals surface area contributed by atoms with E-state index in [4.69, 9.17) is 0 Å². The molecule has 0 unspecified atom stereocenters. The summed E-state index contributed by atoms with van der Waals surface area (Å²) in [4.78, 5) is 0. The second kappa shape index (κ2) is 58.7. The maximum Gasteiger partial charge on any atom is 0 e. The van der Waals surface area contributed by atoms with Crippen molar-refractivity contribution in [1.82, 2.24) is 0 Å². The molecule has 0 spiro atoms. The summed E-state index contributed by atoms with van der Waals surface area (Å²) in [6.45, 7) is 0. The Kier molecular flexibility index (Phi) is 683. The first kappa shape index (κ1) is 81.5. The predicted octanol–water partition coefficient (Wildman–Crippen LogP) is 1.98. The van der Waals surface area contributed by atoms with Crippen LogP contribution in [0.2, 0.25) is 0 Å². The average Bonchev–Trinajstić information content (AvgIpc) is 0. The van der Waals surface area contributed by atoms with Gasteiger partial charge >= 0.3 is 0 Å². The molecule has 0 fully saturated rings. The third kappa shape index (κ3) is 45.4. The molecular formula is C4H13Y3-3. The van der Waals surface area contributed by atoms with Crippen LogP contribution in [-0.2, 0) is 98.1 Å². The molecule has 7 heavy (non-hydrogen) atoms. The van der Waals surface area contributed by atoms with Crippen molar-refractivity contribution in [3.63, 3.8) is 0 Å². The van der Waals surface area contributed by atoms with Gasteiger partial charge in [-0.2, -0.15) is 0 Å². The van der Waals surface area contributed by atoms with Gasteiger partial charge in [0.2, 0.25) is 0 Å². The second-order valence-electron chi connectivity index (χ2n) is 0. The fourth-order valence-corrected chi connectivity index (χ4v) is 0. The fraction of sp³-hybridized carbons (Fsp3) is 0.250. The molecule has 0 saturated carbocycles. The molecule has 0 aliphatic carbocycles. The summed E-state index contributed by atoms with van der Waals surface area (Å²) in [6.07, 6.45) is 0. The zero-order valence-corrected chi connectivity index (χ0v) is 13.2. The molecule has 41 valence electrons. The van der Waals surface area contributed by atoms with Crippen LogP contribution >= 0.6 is 0 Å². The average molecular weight is 328 g/mol. The minimum Gasteiger partial charge on any atom is -0.358 e. The largest absolute Gasteiger partial charge is 0.358 e. The Morgan fingerprint density at radius 1 is 0.429 bits per heavy atom. The first-order valence-corrected chi connectivity index (χ1v) is 0. The van der Waals surface area contributed by atoms with Gasteiger partial charge in [0.15, 0.2) is 0 Å². The second-order valence-corrected chi connectivity index (χ2v) is 0. The van der Waals surface area contributed by atoms with Gasteiger partial charge in [-0.25, -0.2) is 0 Å². The minimum absolute atomic E-state index is 0. The predicted molar refractivity (Wildman–Crippen MR) is 26.0 cm³/mol. The molecular weight excluding hydrogens is 315 g/mol. The standard InChI is InChI=1S/CH4.3CH3.3Y/h1H4;3*1H3;;;/q;3*-1;;;. The van der Waals surface area contributed by atoms with E-state index in [0.717, 1.165) is 0 Å². The summed E-state index contributed by atoms with van der Waals surface area (Å²) in [5.41, 5.74) is 0. The molecule has 3 radical (unpaired) electrons. The number of hydrogen-bond donors (Lipinski definition) is 0. The van der Waals surface area contributed by atoms with Gasteiger partial charge in [-0.05, 0) is 0 Å². The third-order valence-corrected chi connectivity index (χ3v) is 0. The summed E-state index contributed by atoms with van der Waals surface area (Å²) in [5.74, 6) is 0. The zero-order valence-electron chi connectivity index (χ0n) is 4.73. The smallest absolute Gasteiger partial charge is 0 e. The molecule has 0 N–H and O–H groups in total. The first-order chi connectivity index (χ1) is 0. The Balaban J connectivity index is 0. The van der Waals surface area contributed by atoms with Gasteiger partial charge < -0.3 is 22.3 Å². The van der Waals surface area contributed by atoms with Crippen LogP contribution in [0.1, 0.15) is 7.43 Å². The molecule has 0 aromatic carbocycles. The van der Waals surface area contributed by atoms with Gasteiger partial charge in [0.1, 0.15) is 0 Å². The van der Waals surface area contributed by atoms with E-state index in [1.54, 1.807) is 0 Å². The molecule has 0 nitrogen and oxygen atoms in total. The van der Waals surface area contributed by atoms with E-state index >= 15 is 0 Å². The van der Waals surface area contributed by atoms with Crippen molar-refractivity contribution in [3.8, 4) is 0 Å². The van der Waals surface area contributed by atoms with E-state index in [1.165, 1.54) is 0 Å². The van der Waals surface area contributed by atoms with Crippen LogP contribution in [0.5, 0.6) is 0 Å². The Morgan fingerprint density at radius 2 is 0.429 bits per heavy atom. The van der Waals surface area contributed by atoms with Crippen molar-refractivity contribution in [1.29, 1.82) is 0 Å². The summed E-state index contributed by atoms with van der Waals surface area (Å²) in [7, 11) is 0. The molecule has 0 heterocycles. The van der Waals surface area contributed by atoms with Gasteiger partial charge in [-0.1, -0.05) is 7.43 Å². The van der Waals surface area contributed by atoms with Crippen LogP contribution in [0.15, 0.2) is 0 Å². The number of hydrogen-bond acceptors (Lipinski definition) is 0. The zero-order chi connectivity index (χ0) is 0. The van der Waals surface area contributed by atoms with Gasteiger partial charge in [0.05, 0.1) is 0 Å². The molecule has 0 aromatic rings. The van der Waals surface area contributed by atoms with E-state index in [-0.39, 0.29) is 128 Å². The quantitative estimate of drug-likeness (QED) is 0.597. The molecule has 0 saturated heterocycles. The monoisotopic (exact) mass is 328 g/mol. The Hall–Kier alpha value is 3.31. The maximum absolute atomic E-state index is 0. The van der Waals surface area contributed by atoms with Crippen LogP contribution in [0.25, 0.3) is 0 Å². The summed E-state index contributed by atoms with van der Waals surface area (Å²) in [6, 6.07) is 0. The summed E-state index contributed by atoms with van der Waals surface area (Å²) >= 11 is 0. The summed E-state index contributed by atoms with van der Waals surface area (Å²) < 4.78 is 0. The van der Waals surface area contributed by atoms with E-state index < -0.39 is 0 Å². The van der Waals surface area contributed by atoms with Gasteiger partial charge in [0, 0.05) is 98.1 Å². The van der Waals surface area contributed by atoms with E-state index in [0.29, 0.717) is 0 Å². The molecule has 0 rings (SSSR count). The van der Waals surface area contributed by atoms with Gasteiger partial charge in [0.25, 0.3) is 0 Å². The summed E-state index contributed by atoms with van der Waals surface area (Å²) in [5, 5.41) is 0. The molecule has 0 amide bonds. The minimum atomic E-state index is 0. The molecule has 0 aliphatic heterocycles. The van der Waals surface area contributed by atoms with Crippen molar-refractivity contribution in [2.75, 3.05) is 0 Å². The van der Waals surface area contributed by atoms with Crippen LogP contribution in [-0.4, -0.2) is 0 Å².